The zero-order chi connectivity index (χ0) is 34.2. The van der Waals surface area contributed by atoms with Crippen LogP contribution in [-0.4, -0.2) is 19.9 Å². The Morgan fingerprint density at radius 3 is 1.96 bits per heavy atom. The van der Waals surface area contributed by atoms with Gasteiger partial charge in [-0.3, -0.25) is 4.98 Å². The van der Waals surface area contributed by atoms with Crippen molar-refractivity contribution in [2.45, 2.75) is 0 Å². The Balaban J connectivity index is 1.18. The van der Waals surface area contributed by atoms with Crippen LogP contribution >= 0.6 is 0 Å². The van der Waals surface area contributed by atoms with Gasteiger partial charge in [0, 0.05) is 49.2 Å². The molecule has 11 aromatic rings. The summed E-state index contributed by atoms with van der Waals surface area (Å²) in [5.74, 6) is 1.75. The van der Waals surface area contributed by atoms with Gasteiger partial charge in [0.1, 0.15) is 16.7 Å². The molecule has 4 aromatic heterocycles. The first-order valence-electron chi connectivity index (χ1n) is 17.2. The number of aromatic nitrogens is 4. The van der Waals surface area contributed by atoms with Crippen molar-refractivity contribution in [2.75, 3.05) is 0 Å². The van der Waals surface area contributed by atoms with Crippen LogP contribution in [0, 0.1) is 0 Å². The Kier molecular flexibility index (Phi) is 6.15. The summed E-state index contributed by atoms with van der Waals surface area (Å²) in [5.41, 5.74) is 8.82. The Hall–Kier alpha value is -7.18. The first kappa shape index (κ1) is 28.6. The Bertz CT molecular complexity index is 3200. The number of hydrogen-bond donors (Lipinski definition) is 0. The number of fused-ring (bicyclic) bond motifs is 9. The molecule has 0 radical (unpaired) electrons. The van der Waals surface area contributed by atoms with Gasteiger partial charge in [-0.1, -0.05) is 121 Å². The molecule has 0 saturated carbocycles. The van der Waals surface area contributed by atoms with Crippen molar-refractivity contribution in [2.24, 2.45) is 0 Å². The maximum absolute atomic E-state index is 6.65. The van der Waals surface area contributed by atoms with Crippen LogP contribution < -0.4 is 0 Å². The molecule has 4 heterocycles. The van der Waals surface area contributed by atoms with E-state index in [9.17, 15) is 0 Å². The largest absolute Gasteiger partial charge is 0.456 e. The van der Waals surface area contributed by atoms with Gasteiger partial charge in [0.25, 0.3) is 0 Å². The molecule has 0 aliphatic heterocycles. The van der Waals surface area contributed by atoms with Crippen LogP contribution in [-0.2, 0) is 0 Å². The van der Waals surface area contributed by atoms with Gasteiger partial charge in [-0.25, -0.2) is 15.0 Å². The second-order valence-electron chi connectivity index (χ2n) is 13.0. The summed E-state index contributed by atoms with van der Waals surface area (Å²) in [4.78, 5) is 20.1. The van der Waals surface area contributed by atoms with Crippen molar-refractivity contribution >= 4 is 65.6 Å². The molecule has 0 atom stereocenters. The van der Waals surface area contributed by atoms with Gasteiger partial charge >= 0.3 is 0 Å². The van der Waals surface area contributed by atoms with Gasteiger partial charge in [0.15, 0.2) is 23.1 Å². The lowest BCUT2D eigenvalue weighted by Gasteiger charge is -2.13. The number of hydrogen-bond acceptors (Lipinski definition) is 6. The molecule has 7 aromatic carbocycles. The minimum absolute atomic E-state index is 0.577. The third-order valence-corrected chi connectivity index (χ3v) is 9.96. The fraction of sp³-hybridized carbons (Fsp3) is 0. The first-order valence-corrected chi connectivity index (χ1v) is 17.2. The third-order valence-electron chi connectivity index (χ3n) is 9.96. The van der Waals surface area contributed by atoms with Crippen molar-refractivity contribution in [3.63, 3.8) is 0 Å². The molecule has 6 nitrogen and oxygen atoms in total. The maximum atomic E-state index is 6.65. The van der Waals surface area contributed by atoms with Crippen LogP contribution in [0.25, 0.3) is 111 Å². The summed E-state index contributed by atoms with van der Waals surface area (Å²) in [5, 5.41) is 7.36. The van der Waals surface area contributed by atoms with Gasteiger partial charge in [-0.2, -0.15) is 0 Å². The van der Waals surface area contributed by atoms with Crippen molar-refractivity contribution < 1.29 is 8.83 Å². The molecule has 0 saturated heterocycles. The van der Waals surface area contributed by atoms with Gasteiger partial charge in [0.2, 0.25) is 0 Å². The van der Waals surface area contributed by atoms with E-state index in [0.717, 1.165) is 93.4 Å². The Morgan fingerprint density at radius 1 is 0.385 bits per heavy atom. The predicted molar refractivity (Wildman–Crippen MR) is 209 cm³/mol. The molecule has 52 heavy (non-hydrogen) atoms. The molecule has 6 heteroatoms. The van der Waals surface area contributed by atoms with Crippen molar-refractivity contribution in [3.05, 3.63) is 158 Å². The first-order chi connectivity index (χ1) is 25.8. The zero-order valence-electron chi connectivity index (χ0n) is 27.6. The molecular formula is C46H26N4O2. The zero-order valence-corrected chi connectivity index (χ0v) is 27.6. The number of furan rings is 2. The standard InChI is InChI=1S/C46H26N4O2/c1-2-12-27(13-3-1)44-48-45(50-46(49-44)35-20-11-23-39-42(35)33-17-7-9-22-38(33)51-39)29-24-28-14-4-5-15-30(28)36(25-29)31-18-10-19-34-41-32-16-6-8-21-37(32)47-26-40(41)52-43(31)34/h1-26H. The molecule has 0 bridgehead atoms. The third kappa shape index (κ3) is 4.38. The lowest BCUT2D eigenvalue weighted by molar-refractivity contribution is 0.668. The maximum Gasteiger partial charge on any atom is 0.164 e. The van der Waals surface area contributed by atoms with Crippen LogP contribution in [0.1, 0.15) is 0 Å². The predicted octanol–water partition coefficient (Wildman–Crippen LogP) is 12.0. The van der Waals surface area contributed by atoms with E-state index in [4.69, 9.17) is 23.8 Å². The van der Waals surface area contributed by atoms with E-state index in [0.29, 0.717) is 17.5 Å². The highest BCUT2D eigenvalue weighted by Crippen LogP contribution is 2.42. The highest BCUT2D eigenvalue weighted by molar-refractivity contribution is 6.20. The van der Waals surface area contributed by atoms with E-state index in [2.05, 4.69) is 77.8 Å². The lowest BCUT2D eigenvalue weighted by atomic mass is 9.94. The summed E-state index contributed by atoms with van der Waals surface area (Å²) in [6.07, 6.45) is 1.83. The van der Waals surface area contributed by atoms with E-state index in [1.165, 1.54) is 0 Å². The van der Waals surface area contributed by atoms with E-state index >= 15 is 0 Å². The van der Waals surface area contributed by atoms with Crippen molar-refractivity contribution in [1.82, 2.24) is 19.9 Å². The topological polar surface area (TPSA) is 77.8 Å². The van der Waals surface area contributed by atoms with Gasteiger partial charge in [-0.15, -0.1) is 0 Å². The second-order valence-corrected chi connectivity index (χ2v) is 13.0. The van der Waals surface area contributed by atoms with E-state index in [-0.39, 0.29) is 0 Å². The van der Waals surface area contributed by atoms with Gasteiger partial charge < -0.3 is 8.83 Å². The van der Waals surface area contributed by atoms with E-state index in [1.807, 2.05) is 85.1 Å². The SMILES string of the molecule is c1ccc(-c2nc(-c3cc(-c4cccc5c4oc4cnc6ccccc6c45)c4ccccc4c3)nc(-c3cccc4oc5ccccc5c34)n2)cc1. The molecule has 0 fully saturated rings. The fourth-order valence-electron chi connectivity index (χ4n) is 7.61. The lowest BCUT2D eigenvalue weighted by Crippen LogP contribution is -2.00. The van der Waals surface area contributed by atoms with Crippen LogP contribution in [0.15, 0.2) is 167 Å². The smallest absolute Gasteiger partial charge is 0.164 e. The number of nitrogens with zero attached hydrogens (tertiary/aromatic N) is 4. The Labute approximate surface area is 296 Å². The highest BCUT2D eigenvalue weighted by atomic mass is 16.3. The molecule has 0 N–H and O–H groups in total. The van der Waals surface area contributed by atoms with E-state index < -0.39 is 0 Å². The fourth-order valence-corrected chi connectivity index (χ4v) is 7.61. The second kappa shape index (κ2) is 11.2. The number of pyridine rings is 1. The molecule has 0 spiro atoms. The average Bonchev–Trinajstić information content (AvgIpc) is 3.80. The van der Waals surface area contributed by atoms with Crippen LogP contribution in [0.2, 0.25) is 0 Å². The highest BCUT2D eigenvalue weighted by Gasteiger charge is 2.21. The molecule has 242 valence electrons. The normalized spacial score (nSPS) is 11.8. The minimum Gasteiger partial charge on any atom is -0.456 e. The molecule has 11 rings (SSSR count). The molecular weight excluding hydrogens is 641 g/mol. The van der Waals surface area contributed by atoms with Crippen LogP contribution in [0.4, 0.5) is 0 Å². The summed E-state index contributed by atoms with van der Waals surface area (Å²) in [6, 6.07) is 51.6. The number of para-hydroxylation sites is 3. The quantitative estimate of drug-likeness (QED) is 0.186. The van der Waals surface area contributed by atoms with Crippen molar-refractivity contribution in [1.29, 1.82) is 0 Å². The Morgan fingerprint density at radius 2 is 1.06 bits per heavy atom. The van der Waals surface area contributed by atoms with Crippen molar-refractivity contribution in [3.8, 4) is 45.3 Å². The van der Waals surface area contributed by atoms with Gasteiger partial charge in [0.05, 0.1) is 11.7 Å². The number of rotatable bonds is 4. The van der Waals surface area contributed by atoms with Crippen LogP contribution in [0.5, 0.6) is 0 Å². The number of benzene rings is 7. The molecule has 0 unspecified atom stereocenters. The summed E-state index contributed by atoms with van der Waals surface area (Å²) in [7, 11) is 0. The summed E-state index contributed by atoms with van der Waals surface area (Å²) >= 11 is 0. The molecule has 0 amide bonds. The minimum atomic E-state index is 0.577. The summed E-state index contributed by atoms with van der Waals surface area (Å²) in [6.45, 7) is 0. The molecule has 0 aliphatic rings. The van der Waals surface area contributed by atoms with Gasteiger partial charge in [-0.05, 0) is 46.7 Å². The summed E-state index contributed by atoms with van der Waals surface area (Å²) < 4.78 is 12.9. The molecule has 0 aliphatic carbocycles. The monoisotopic (exact) mass is 666 g/mol. The van der Waals surface area contributed by atoms with E-state index in [1.54, 1.807) is 0 Å². The van der Waals surface area contributed by atoms with Crippen LogP contribution in [0.3, 0.4) is 0 Å². The average molecular weight is 667 g/mol.